The number of rotatable bonds is 7. The normalized spacial score (nSPS) is 20.1. The third-order valence-electron chi connectivity index (χ3n) is 6.63. The van der Waals surface area contributed by atoms with Crippen molar-refractivity contribution in [2.45, 2.75) is 42.6 Å². The minimum absolute atomic E-state index is 0.0564. The van der Waals surface area contributed by atoms with Crippen LogP contribution in [0, 0.1) is 0 Å². The van der Waals surface area contributed by atoms with Crippen molar-refractivity contribution in [3.05, 3.63) is 77.4 Å². The first-order chi connectivity index (χ1) is 16.3. The van der Waals surface area contributed by atoms with Crippen LogP contribution in [0.4, 0.5) is 0 Å². The summed E-state index contributed by atoms with van der Waals surface area (Å²) in [6.45, 7) is 0.508. The molecule has 0 saturated heterocycles. The van der Waals surface area contributed by atoms with Gasteiger partial charge in [0.25, 0.3) is 0 Å². The highest BCUT2D eigenvalue weighted by Gasteiger charge is 2.29. The van der Waals surface area contributed by atoms with Crippen molar-refractivity contribution in [3.63, 3.8) is 0 Å². The Morgan fingerprint density at radius 3 is 2.68 bits per heavy atom. The van der Waals surface area contributed by atoms with Crippen LogP contribution < -0.4 is 14.6 Å². The largest absolute Gasteiger partial charge is 0.493 e. The van der Waals surface area contributed by atoms with E-state index in [0.29, 0.717) is 17.9 Å². The van der Waals surface area contributed by atoms with Gasteiger partial charge in [-0.2, -0.15) is 0 Å². The monoisotopic (exact) mass is 477 g/mol. The van der Waals surface area contributed by atoms with Crippen molar-refractivity contribution in [3.8, 4) is 22.6 Å². The van der Waals surface area contributed by atoms with E-state index in [4.69, 9.17) is 19.7 Å². The Bertz CT molecular complexity index is 1350. The molecule has 3 aromatic rings. The van der Waals surface area contributed by atoms with E-state index in [1.54, 1.807) is 12.1 Å². The molecule has 2 aliphatic rings. The molecular weight excluding hydrogens is 450 g/mol. The molecule has 3 atom stereocenters. The summed E-state index contributed by atoms with van der Waals surface area (Å²) in [5, 5.41) is 14.6. The minimum atomic E-state index is -2.73. The van der Waals surface area contributed by atoms with E-state index in [0.717, 1.165) is 41.0 Å². The Morgan fingerprint density at radius 2 is 1.94 bits per heavy atom. The van der Waals surface area contributed by atoms with Crippen LogP contribution in [0.2, 0.25) is 0 Å². The third-order valence-corrected chi connectivity index (χ3v) is 7.70. The fourth-order valence-corrected chi connectivity index (χ4v) is 5.50. The molecule has 0 fully saturated rings. The SMILES string of the molecule is C=S(N)(=O)c1ccc(-c2cccc3c2CCC3Oc2ccc3c(c2)OCC3CCC(=O)O)cc1. The molecule has 6 nitrogen and oxygen atoms in total. The summed E-state index contributed by atoms with van der Waals surface area (Å²) in [4.78, 5) is 11.4. The first-order valence-electron chi connectivity index (χ1n) is 11.3. The maximum Gasteiger partial charge on any atom is 0.303 e. The summed E-state index contributed by atoms with van der Waals surface area (Å²) >= 11 is 0. The number of benzene rings is 3. The Hall–Kier alpha value is -3.29. The molecule has 34 heavy (non-hydrogen) atoms. The number of ether oxygens (including phenoxy) is 2. The first-order valence-corrected chi connectivity index (χ1v) is 13.1. The van der Waals surface area contributed by atoms with E-state index in [1.807, 2.05) is 36.4 Å². The van der Waals surface area contributed by atoms with Crippen LogP contribution in [-0.2, 0) is 20.9 Å². The Kier molecular flexibility index (Phi) is 5.83. The van der Waals surface area contributed by atoms with Gasteiger partial charge in [-0.15, -0.1) is 0 Å². The lowest BCUT2D eigenvalue weighted by atomic mass is 9.96. The van der Waals surface area contributed by atoms with Crippen LogP contribution in [0.15, 0.2) is 65.6 Å². The quantitative estimate of drug-likeness (QED) is 0.480. The first kappa shape index (κ1) is 22.5. The smallest absolute Gasteiger partial charge is 0.303 e. The molecule has 0 bridgehead atoms. The van der Waals surface area contributed by atoms with Gasteiger partial charge in [0.05, 0.1) is 16.3 Å². The van der Waals surface area contributed by atoms with Crippen LogP contribution in [0.5, 0.6) is 11.5 Å². The number of nitrogens with two attached hydrogens (primary N) is 1. The van der Waals surface area contributed by atoms with Gasteiger partial charge in [-0.25, -0.2) is 4.21 Å². The van der Waals surface area contributed by atoms with Crippen molar-refractivity contribution < 1.29 is 23.6 Å². The third kappa shape index (κ3) is 4.41. The van der Waals surface area contributed by atoms with Gasteiger partial charge in [-0.3, -0.25) is 9.93 Å². The van der Waals surface area contributed by atoms with Crippen molar-refractivity contribution in [1.29, 1.82) is 0 Å². The molecule has 0 saturated carbocycles. The second-order valence-corrected chi connectivity index (χ2v) is 10.8. The summed E-state index contributed by atoms with van der Waals surface area (Å²) in [6.07, 6.45) is 2.42. The summed E-state index contributed by atoms with van der Waals surface area (Å²) in [6, 6.07) is 19.5. The molecule has 5 rings (SSSR count). The van der Waals surface area contributed by atoms with Crippen LogP contribution >= 0.6 is 0 Å². The summed E-state index contributed by atoms with van der Waals surface area (Å²) in [5.41, 5.74) is 5.66. The Balaban J connectivity index is 1.35. The van der Waals surface area contributed by atoms with Gasteiger partial charge in [0.2, 0.25) is 0 Å². The average Bonchev–Trinajstić information content (AvgIpc) is 3.41. The molecule has 1 aliphatic carbocycles. The molecule has 7 heteroatoms. The molecule has 1 aliphatic heterocycles. The second-order valence-electron chi connectivity index (χ2n) is 8.91. The van der Waals surface area contributed by atoms with Gasteiger partial charge in [0.1, 0.15) is 17.6 Å². The molecule has 3 unspecified atom stereocenters. The topological polar surface area (TPSA) is 98.9 Å². The minimum Gasteiger partial charge on any atom is -0.493 e. The van der Waals surface area contributed by atoms with Crippen molar-refractivity contribution >= 4 is 21.5 Å². The lowest BCUT2D eigenvalue weighted by molar-refractivity contribution is -0.137. The molecule has 0 spiro atoms. The number of carboxylic acid groups (broad SMARTS) is 1. The highest BCUT2D eigenvalue weighted by molar-refractivity contribution is 7.98. The lowest BCUT2D eigenvalue weighted by Crippen LogP contribution is -2.11. The number of hydrogen-bond acceptors (Lipinski definition) is 4. The average molecular weight is 478 g/mol. The van der Waals surface area contributed by atoms with Crippen LogP contribution in [-0.4, -0.2) is 27.8 Å². The fraction of sp³-hybridized carbons (Fsp3) is 0.259. The van der Waals surface area contributed by atoms with Gasteiger partial charge in [0, 0.05) is 28.9 Å². The zero-order valence-electron chi connectivity index (χ0n) is 18.7. The zero-order chi connectivity index (χ0) is 23.9. The van der Waals surface area contributed by atoms with E-state index in [1.165, 1.54) is 11.1 Å². The van der Waals surface area contributed by atoms with Crippen molar-refractivity contribution in [2.24, 2.45) is 5.14 Å². The molecule has 0 aromatic heterocycles. The maximum absolute atomic E-state index is 12.0. The maximum atomic E-state index is 12.0. The molecule has 176 valence electrons. The fourth-order valence-electron chi connectivity index (χ4n) is 4.91. The van der Waals surface area contributed by atoms with E-state index >= 15 is 0 Å². The molecular formula is C27H27NO5S. The van der Waals surface area contributed by atoms with Crippen molar-refractivity contribution in [2.75, 3.05) is 6.61 Å². The number of fused-ring (bicyclic) bond motifs is 2. The molecule has 0 amide bonds. The van der Waals surface area contributed by atoms with Gasteiger partial charge >= 0.3 is 5.97 Å². The predicted molar refractivity (Wildman–Crippen MR) is 133 cm³/mol. The molecule has 1 heterocycles. The summed E-state index contributed by atoms with van der Waals surface area (Å²) in [7, 11) is -2.73. The van der Waals surface area contributed by atoms with E-state index in [-0.39, 0.29) is 18.4 Å². The molecule has 3 aromatic carbocycles. The highest BCUT2D eigenvalue weighted by Crippen LogP contribution is 2.43. The molecule has 3 N–H and O–H groups in total. The number of hydrogen-bond donors (Lipinski definition) is 2. The van der Waals surface area contributed by atoms with Crippen molar-refractivity contribution in [1.82, 2.24) is 0 Å². The second kappa shape index (κ2) is 8.81. The summed E-state index contributed by atoms with van der Waals surface area (Å²) in [5.74, 6) is 4.40. The number of carbonyl (C=O) groups is 1. The van der Waals surface area contributed by atoms with Crippen LogP contribution in [0.3, 0.4) is 0 Å². The van der Waals surface area contributed by atoms with Crippen LogP contribution in [0.1, 0.15) is 48.0 Å². The standard InChI is InChI=1S/C27H27NO5S/c1-34(28,31)20-9-5-17(6-10-20)21-3-2-4-24-23(21)12-13-25(24)33-19-8-11-22-18(7-14-27(29)30)16-32-26(22)15-19/h2-6,8-11,15,18,25H,1,7,12-14,16H2,(H2,28,31)(H,29,30). The highest BCUT2D eigenvalue weighted by atomic mass is 32.2. The number of aliphatic carboxylic acids is 1. The van der Waals surface area contributed by atoms with Gasteiger partial charge < -0.3 is 14.6 Å². The van der Waals surface area contributed by atoms with E-state index < -0.39 is 15.7 Å². The number of carboxylic acids is 1. The van der Waals surface area contributed by atoms with Crippen LogP contribution in [0.25, 0.3) is 11.1 Å². The summed E-state index contributed by atoms with van der Waals surface area (Å²) < 4.78 is 24.2. The Morgan fingerprint density at radius 1 is 1.15 bits per heavy atom. The van der Waals surface area contributed by atoms with Gasteiger partial charge in [-0.1, -0.05) is 36.4 Å². The van der Waals surface area contributed by atoms with Gasteiger partial charge in [-0.05, 0) is 65.6 Å². The van der Waals surface area contributed by atoms with Gasteiger partial charge in [0.15, 0.2) is 0 Å². The predicted octanol–water partition coefficient (Wildman–Crippen LogP) is 4.71. The van der Waals surface area contributed by atoms with E-state index in [2.05, 4.69) is 18.0 Å². The lowest BCUT2D eigenvalue weighted by Gasteiger charge is -2.17. The molecule has 0 radical (unpaired) electrons. The Labute approximate surface area is 199 Å². The zero-order valence-corrected chi connectivity index (χ0v) is 19.6. The van der Waals surface area contributed by atoms with E-state index in [9.17, 15) is 9.00 Å².